The number of amides is 1. The van der Waals surface area contributed by atoms with Crippen molar-refractivity contribution in [3.63, 3.8) is 0 Å². The molecule has 1 unspecified atom stereocenters. The summed E-state index contributed by atoms with van der Waals surface area (Å²) in [6.45, 7) is 8.01. The lowest BCUT2D eigenvalue weighted by molar-refractivity contribution is -0.120. The number of carbonyl (C=O) groups excluding carboxylic acids is 1. The number of carbonyl (C=O) groups is 1. The maximum Gasteiger partial charge on any atom is 0.228 e. The molecule has 2 aromatic heterocycles. The van der Waals surface area contributed by atoms with Gasteiger partial charge in [-0.25, -0.2) is 14.6 Å². The summed E-state index contributed by atoms with van der Waals surface area (Å²) in [7, 11) is 0. The van der Waals surface area contributed by atoms with Gasteiger partial charge in [-0.3, -0.25) is 4.79 Å². The van der Waals surface area contributed by atoms with Crippen LogP contribution in [0.4, 0.5) is 11.8 Å². The van der Waals surface area contributed by atoms with E-state index in [9.17, 15) is 4.79 Å². The summed E-state index contributed by atoms with van der Waals surface area (Å²) < 4.78 is 1.90. The minimum Gasteiger partial charge on any atom is -0.341 e. The average molecular weight is 342 g/mol. The number of nitrogens with one attached hydrogen (secondary N) is 1. The fraction of sp³-hybridized carbons (Fsp3) is 0.556. The van der Waals surface area contributed by atoms with Crippen molar-refractivity contribution in [1.29, 1.82) is 0 Å². The van der Waals surface area contributed by atoms with Crippen LogP contribution in [0.5, 0.6) is 0 Å². The number of aromatic nitrogens is 4. The summed E-state index contributed by atoms with van der Waals surface area (Å²) in [6, 6.07) is 3.91. The van der Waals surface area contributed by atoms with E-state index in [0.29, 0.717) is 5.92 Å². The van der Waals surface area contributed by atoms with Crippen molar-refractivity contribution >= 4 is 17.7 Å². The van der Waals surface area contributed by atoms with Crippen LogP contribution in [0, 0.1) is 11.8 Å². The molecule has 7 nitrogen and oxygen atoms in total. The highest BCUT2D eigenvalue weighted by Gasteiger charge is 2.27. The van der Waals surface area contributed by atoms with Crippen LogP contribution in [0.1, 0.15) is 39.7 Å². The SMILES string of the molecule is CC(C)C(C)n1nccc1NC(=O)C1CCN(c2ncccn2)CC1. The maximum absolute atomic E-state index is 12.7. The van der Waals surface area contributed by atoms with Crippen LogP contribution in [0.15, 0.2) is 30.7 Å². The van der Waals surface area contributed by atoms with E-state index in [0.717, 1.165) is 37.7 Å². The highest BCUT2D eigenvalue weighted by Crippen LogP contribution is 2.24. The van der Waals surface area contributed by atoms with Gasteiger partial charge >= 0.3 is 0 Å². The van der Waals surface area contributed by atoms with Gasteiger partial charge in [0.2, 0.25) is 11.9 Å². The second-order valence-corrected chi connectivity index (χ2v) is 6.95. The van der Waals surface area contributed by atoms with Crippen molar-refractivity contribution in [2.24, 2.45) is 11.8 Å². The van der Waals surface area contributed by atoms with E-state index in [1.807, 2.05) is 16.8 Å². The molecule has 0 aromatic carbocycles. The quantitative estimate of drug-likeness (QED) is 0.904. The minimum absolute atomic E-state index is 0.0117. The van der Waals surface area contributed by atoms with Crippen LogP contribution in [0.3, 0.4) is 0 Å². The fourth-order valence-electron chi connectivity index (χ4n) is 3.04. The Kier molecular flexibility index (Phi) is 5.31. The van der Waals surface area contributed by atoms with Gasteiger partial charge in [-0.2, -0.15) is 5.10 Å². The van der Waals surface area contributed by atoms with Crippen molar-refractivity contribution in [1.82, 2.24) is 19.7 Å². The van der Waals surface area contributed by atoms with Gasteiger partial charge in [0, 0.05) is 37.5 Å². The number of hydrogen-bond donors (Lipinski definition) is 1. The van der Waals surface area contributed by atoms with E-state index in [1.165, 1.54) is 0 Å². The van der Waals surface area contributed by atoms with Crippen LogP contribution in [-0.4, -0.2) is 38.7 Å². The monoisotopic (exact) mass is 342 g/mol. The second kappa shape index (κ2) is 7.63. The molecule has 3 heterocycles. The summed E-state index contributed by atoms with van der Waals surface area (Å²) in [6.07, 6.45) is 6.84. The Bertz CT molecular complexity index is 691. The smallest absolute Gasteiger partial charge is 0.228 e. The van der Waals surface area contributed by atoms with Gasteiger partial charge in [0.15, 0.2) is 0 Å². The van der Waals surface area contributed by atoms with Gasteiger partial charge in [-0.15, -0.1) is 0 Å². The number of rotatable bonds is 5. The largest absolute Gasteiger partial charge is 0.341 e. The van der Waals surface area contributed by atoms with Crippen molar-refractivity contribution in [2.45, 2.75) is 39.7 Å². The average Bonchev–Trinajstić information content (AvgIpc) is 3.09. The molecule has 0 radical (unpaired) electrons. The van der Waals surface area contributed by atoms with Gasteiger partial charge in [0.05, 0.1) is 12.2 Å². The Hall–Kier alpha value is -2.44. The number of piperidine rings is 1. The summed E-state index contributed by atoms with van der Waals surface area (Å²) in [5.74, 6) is 2.05. The van der Waals surface area contributed by atoms with Crippen molar-refractivity contribution in [3.05, 3.63) is 30.7 Å². The lowest BCUT2D eigenvalue weighted by Crippen LogP contribution is -2.39. The zero-order chi connectivity index (χ0) is 17.8. The third kappa shape index (κ3) is 3.97. The van der Waals surface area contributed by atoms with Crippen LogP contribution >= 0.6 is 0 Å². The topological polar surface area (TPSA) is 75.9 Å². The number of hydrogen-bond acceptors (Lipinski definition) is 5. The lowest BCUT2D eigenvalue weighted by Gasteiger charge is -2.31. The summed E-state index contributed by atoms with van der Waals surface area (Å²) in [5, 5.41) is 7.43. The van der Waals surface area contributed by atoms with E-state index in [1.54, 1.807) is 18.6 Å². The standard InChI is InChI=1S/C18H26N6O/c1-13(2)14(3)24-16(5-10-21-24)22-17(25)15-6-11-23(12-7-15)18-19-8-4-9-20-18/h4-5,8-10,13-15H,6-7,11-12H2,1-3H3,(H,22,25). The molecule has 0 bridgehead atoms. The van der Waals surface area contributed by atoms with Crippen molar-refractivity contribution < 1.29 is 4.79 Å². The molecule has 1 saturated heterocycles. The van der Waals surface area contributed by atoms with Crippen LogP contribution in [-0.2, 0) is 4.79 Å². The number of nitrogens with zero attached hydrogens (tertiary/aromatic N) is 5. The molecule has 0 saturated carbocycles. The zero-order valence-corrected chi connectivity index (χ0v) is 15.1. The molecule has 0 spiro atoms. The molecule has 1 atom stereocenters. The van der Waals surface area contributed by atoms with Crippen molar-refractivity contribution in [2.75, 3.05) is 23.3 Å². The second-order valence-electron chi connectivity index (χ2n) is 6.95. The molecule has 25 heavy (non-hydrogen) atoms. The van der Waals surface area contributed by atoms with Gasteiger partial charge in [-0.05, 0) is 31.7 Å². The van der Waals surface area contributed by atoms with E-state index < -0.39 is 0 Å². The van der Waals surface area contributed by atoms with Crippen LogP contribution in [0.2, 0.25) is 0 Å². The molecular weight excluding hydrogens is 316 g/mol. The van der Waals surface area contributed by atoms with Crippen LogP contribution < -0.4 is 10.2 Å². The summed E-state index contributed by atoms with van der Waals surface area (Å²) in [5.41, 5.74) is 0. The highest BCUT2D eigenvalue weighted by atomic mass is 16.2. The van der Waals surface area contributed by atoms with Gasteiger partial charge in [-0.1, -0.05) is 13.8 Å². The molecule has 1 aliphatic heterocycles. The predicted molar refractivity (Wildman–Crippen MR) is 97.4 cm³/mol. The van der Waals surface area contributed by atoms with E-state index >= 15 is 0 Å². The highest BCUT2D eigenvalue weighted by molar-refractivity contribution is 5.91. The van der Waals surface area contributed by atoms with Gasteiger partial charge in [0.25, 0.3) is 0 Å². The molecule has 134 valence electrons. The molecule has 3 rings (SSSR count). The Morgan fingerprint density at radius 3 is 2.48 bits per heavy atom. The van der Waals surface area contributed by atoms with E-state index in [4.69, 9.17) is 0 Å². The predicted octanol–water partition coefficient (Wildman–Crippen LogP) is 2.75. The zero-order valence-electron chi connectivity index (χ0n) is 15.1. The summed E-state index contributed by atoms with van der Waals surface area (Å²) in [4.78, 5) is 23.4. The fourth-order valence-corrected chi connectivity index (χ4v) is 3.04. The Labute approximate surface area is 148 Å². The lowest BCUT2D eigenvalue weighted by atomic mass is 9.96. The minimum atomic E-state index is 0.0117. The molecule has 0 aliphatic carbocycles. The first kappa shape index (κ1) is 17.4. The summed E-state index contributed by atoms with van der Waals surface area (Å²) >= 11 is 0. The normalized spacial score (nSPS) is 16.9. The molecule has 7 heteroatoms. The first-order valence-electron chi connectivity index (χ1n) is 8.92. The molecule has 1 aliphatic rings. The van der Waals surface area contributed by atoms with Crippen molar-refractivity contribution in [3.8, 4) is 0 Å². The third-order valence-corrected chi connectivity index (χ3v) is 4.97. The molecule has 2 aromatic rings. The maximum atomic E-state index is 12.7. The van der Waals surface area contributed by atoms with Crippen LogP contribution in [0.25, 0.3) is 0 Å². The van der Waals surface area contributed by atoms with E-state index in [-0.39, 0.29) is 17.9 Å². The Morgan fingerprint density at radius 2 is 1.84 bits per heavy atom. The Balaban J connectivity index is 1.58. The molecule has 1 fully saturated rings. The first-order valence-corrected chi connectivity index (χ1v) is 8.92. The molecule has 1 N–H and O–H groups in total. The van der Waals surface area contributed by atoms with Gasteiger partial charge in [0.1, 0.15) is 5.82 Å². The Morgan fingerprint density at radius 1 is 1.16 bits per heavy atom. The number of anilines is 2. The first-order chi connectivity index (χ1) is 12.1. The van der Waals surface area contributed by atoms with E-state index in [2.05, 4.69) is 46.1 Å². The third-order valence-electron chi connectivity index (χ3n) is 4.97. The molecular formula is C18H26N6O. The van der Waals surface area contributed by atoms with Gasteiger partial charge < -0.3 is 10.2 Å². The molecule has 1 amide bonds.